The third-order valence-corrected chi connectivity index (χ3v) is 5.36. The van der Waals surface area contributed by atoms with Crippen LogP contribution in [0.15, 0.2) is 28.9 Å². The Morgan fingerprint density at radius 2 is 2.19 bits per heavy atom. The lowest BCUT2D eigenvalue weighted by Crippen LogP contribution is -2.42. The fourth-order valence-corrected chi connectivity index (χ4v) is 3.90. The highest BCUT2D eigenvalue weighted by molar-refractivity contribution is 5.93. The number of rotatable bonds is 2. The summed E-state index contributed by atoms with van der Waals surface area (Å²) in [5, 5.41) is 7.06. The number of aromatic nitrogens is 2. The number of nitrogens with zero attached hydrogens (tertiary/aromatic N) is 3. The van der Waals surface area contributed by atoms with Crippen LogP contribution in [0.3, 0.4) is 0 Å². The molecule has 0 aliphatic carbocycles. The van der Waals surface area contributed by atoms with Gasteiger partial charge in [-0.1, -0.05) is 0 Å². The highest BCUT2D eigenvalue weighted by Gasteiger charge is 2.47. The van der Waals surface area contributed by atoms with Crippen molar-refractivity contribution in [1.82, 2.24) is 14.7 Å². The molecule has 0 unspecified atom stereocenters. The van der Waals surface area contributed by atoms with Crippen LogP contribution in [0, 0.1) is 0 Å². The summed E-state index contributed by atoms with van der Waals surface area (Å²) in [5.74, 6) is 0.286. The Bertz CT molecular complexity index is 815. The highest BCUT2D eigenvalue weighted by Crippen LogP contribution is 2.43. The van der Waals surface area contributed by atoms with Crippen molar-refractivity contribution in [3.63, 3.8) is 0 Å². The third-order valence-electron chi connectivity index (χ3n) is 5.36. The molecule has 0 spiro atoms. The van der Waals surface area contributed by atoms with E-state index in [0.29, 0.717) is 12.3 Å². The van der Waals surface area contributed by atoms with E-state index in [1.54, 1.807) is 17.0 Å². The van der Waals surface area contributed by atoms with Crippen LogP contribution < -0.4 is 5.32 Å². The molecule has 0 aromatic carbocycles. The number of amides is 1. The number of hydrogen-bond acceptors (Lipinski definition) is 4. The molecule has 2 aromatic heterocycles. The van der Waals surface area contributed by atoms with E-state index < -0.39 is 18.3 Å². The summed E-state index contributed by atoms with van der Waals surface area (Å²) in [6.07, 6.45) is -0.464. The zero-order valence-electron chi connectivity index (χ0n) is 14.9. The van der Waals surface area contributed by atoms with Crippen molar-refractivity contribution in [3.8, 4) is 0 Å². The Balaban J connectivity index is 1.66. The van der Waals surface area contributed by atoms with Crippen LogP contribution >= 0.6 is 0 Å². The predicted molar refractivity (Wildman–Crippen MR) is 91.4 cm³/mol. The fraction of sp³-hybridized carbons (Fsp3) is 0.556. The van der Waals surface area contributed by atoms with Gasteiger partial charge in [0, 0.05) is 25.1 Å². The second-order valence-electron chi connectivity index (χ2n) is 7.21. The van der Waals surface area contributed by atoms with E-state index >= 15 is 0 Å². The van der Waals surface area contributed by atoms with Gasteiger partial charge in [0.1, 0.15) is 11.6 Å². The van der Waals surface area contributed by atoms with Crippen molar-refractivity contribution in [2.24, 2.45) is 0 Å². The van der Waals surface area contributed by atoms with Gasteiger partial charge in [-0.3, -0.25) is 4.79 Å². The van der Waals surface area contributed by atoms with E-state index in [9.17, 15) is 18.0 Å². The second kappa shape index (κ2) is 6.61. The Morgan fingerprint density at radius 1 is 1.37 bits per heavy atom. The number of carbonyl (C=O) groups is 1. The summed E-state index contributed by atoms with van der Waals surface area (Å²) in [5.41, 5.74) is 0.0422. The van der Waals surface area contributed by atoms with Crippen LogP contribution in [0.1, 0.15) is 60.9 Å². The number of hydrogen-bond donors (Lipinski definition) is 1. The second-order valence-corrected chi connectivity index (χ2v) is 7.21. The number of halogens is 3. The number of anilines is 1. The Hall–Kier alpha value is -2.45. The Morgan fingerprint density at radius 3 is 2.85 bits per heavy atom. The molecule has 1 N–H and O–H groups in total. The smallest absolute Gasteiger partial charge is 0.410 e. The van der Waals surface area contributed by atoms with Gasteiger partial charge >= 0.3 is 6.18 Å². The summed E-state index contributed by atoms with van der Waals surface area (Å²) in [6, 6.07) is 2.30. The maximum Gasteiger partial charge on any atom is 0.410 e. The van der Waals surface area contributed by atoms with Gasteiger partial charge in [0.25, 0.3) is 5.91 Å². The molecule has 2 aliphatic rings. The number of carbonyl (C=O) groups excluding carboxylic acids is 1. The van der Waals surface area contributed by atoms with E-state index in [1.165, 1.54) is 12.3 Å². The number of nitrogens with one attached hydrogen (secondary N) is 1. The summed E-state index contributed by atoms with van der Waals surface area (Å²) >= 11 is 0. The number of fused-ring (bicyclic) bond motifs is 1. The van der Waals surface area contributed by atoms with Crippen molar-refractivity contribution in [2.45, 2.75) is 56.9 Å². The minimum atomic E-state index is -4.48. The third kappa shape index (κ3) is 3.30. The number of alkyl halides is 3. The average Bonchev–Trinajstić information content (AvgIpc) is 3.29. The van der Waals surface area contributed by atoms with Gasteiger partial charge in [0.05, 0.1) is 12.3 Å². The molecule has 9 heteroatoms. The molecule has 4 rings (SSSR count). The quantitative estimate of drug-likeness (QED) is 0.848. The zero-order valence-corrected chi connectivity index (χ0v) is 14.9. The van der Waals surface area contributed by atoms with Crippen molar-refractivity contribution in [3.05, 3.63) is 35.9 Å². The molecule has 1 saturated heterocycles. The minimum Gasteiger partial charge on any atom is -0.467 e. The lowest BCUT2D eigenvalue weighted by atomic mass is 10.0. The Kier molecular flexibility index (Phi) is 4.39. The van der Waals surface area contributed by atoms with E-state index in [4.69, 9.17) is 4.42 Å². The zero-order chi connectivity index (χ0) is 19.2. The van der Waals surface area contributed by atoms with E-state index in [1.807, 2.05) is 6.92 Å². The first-order valence-corrected chi connectivity index (χ1v) is 9.12. The standard InChI is InChI=1S/C18H21F3N4O2/c1-11-5-2-3-7-24(11)17(26)13-10-16-22-12(14-6-4-8-27-14)9-15(18(19,20)21)25(16)23-13/h4,6,8,10-12,15,22H,2-3,5,7,9H2,1H3/t11-,12+,15-/m0/s1. The topological polar surface area (TPSA) is 63.3 Å². The monoisotopic (exact) mass is 382 g/mol. The molecule has 3 atom stereocenters. The fourth-order valence-electron chi connectivity index (χ4n) is 3.90. The first-order valence-electron chi connectivity index (χ1n) is 9.12. The SMILES string of the molecule is C[C@H]1CCCCN1C(=O)c1cc2n(n1)[C@H](C(F)(F)F)C[C@H](c1ccco1)N2. The van der Waals surface area contributed by atoms with Gasteiger partial charge < -0.3 is 14.6 Å². The van der Waals surface area contributed by atoms with Gasteiger partial charge in [-0.05, 0) is 38.3 Å². The summed E-state index contributed by atoms with van der Waals surface area (Å²) in [7, 11) is 0. The van der Waals surface area contributed by atoms with Crippen LogP contribution in [0.5, 0.6) is 0 Å². The van der Waals surface area contributed by atoms with Crippen molar-refractivity contribution in [2.75, 3.05) is 11.9 Å². The molecule has 6 nitrogen and oxygen atoms in total. The Labute approximate surface area is 154 Å². The predicted octanol–water partition coefficient (Wildman–Crippen LogP) is 4.15. The maximum atomic E-state index is 13.6. The van der Waals surface area contributed by atoms with Gasteiger partial charge in [0.2, 0.25) is 0 Å². The summed E-state index contributed by atoms with van der Waals surface area (Å²) in [4.78, 5) is 14.5. The van der Waals surface area contributed by atoms with Crippen molar-refractivity contribution >= 4 is 11.7 Å². The van der Waals surface area contributed by atoms with Crippen LogP contribution in [0.25, 0.3) is 0 Å². The summed E-state index contributed by atoms with van der Waals surface area (Å²) < 4.78 is 47.1. The van der Waals surface area contributed by atoms with E-state index in [2.05, 4.69) is 10.4 Å². The molecular weight excluding hydrogens is 361 g/mol. The molecule has 2 aromatic rings. The van der Waals surface area contributed by atoms with Crippen LogP contribution in [-0.4, -0.2) is 39.4 Å². The van der Waals surface area contributed by atoms with Crippen LogP contribution in [-0.2, 0) is 0 Å². The van der Waals surface area contributed by atoms with Gasteiger partial charge in [0.15, 0.2) is 11.7 Å². The molecule has 2 aliphatic heterocycles. The molecule has 0 saturated carbocycles. The number of furan rings is 1. The summed E-state index contributed by atoms with van der Waals surface area (Å²) in [6.45, 7) is 2.56. The van der Waals surface area contributed by atoms with E-state index in [0.717, 1.165) is 23.9 Å². The van der Waals surface area contributed by atoms with Crippen molar-refractivity contribution in [1.29, 1.82) is 0 Å². The number of likely N-dealkylation sites (tertiary alicyclic amines) is 1. The largest absolute Gasteiger partial charge is 0.467 e. The minimum absolute atomic E-state index is 0.0422. The maximum absolute atomic E-state index is 13.6. The highest BCUT2D eigenvalue weighted by atomic mass is 19.4. The van der Waals surface area contributed by atoms with Gasteiger partial charge in [-0.15, -0.1) is 0 Å². The molecule has 146 valence electrons. The number of piperidine rings is 1. The first-order chi connectivity index (χ1) is 12.8. The average molecular weight is 382 g/mol. The molecule has 1 fully saturated rings. The van der Waals surface area contributed by atoms with Gasteiger partial charge in [-0.2, -0.15) is 18.3 Å². The molecular formula is C18H21F3N4O2. The van der Waals surface area contributed by atoms with Crippen LogP contribution in [0.4, 0.5) is 19.0 Å². The lowest BCUT2D eigenvalue weighted by Gasteiger charge is -2.33. The molecule has 0 radical (unpaired) electrons. The lowest BCUT2D eigenvalue weighted by molar-refractivity contribution is -0.174. The normalized spacial score (nSPS) is 25.8. The molecule has 27 heavy (non-hydrogen) atoms. The van der Waals surface area contributed by atoms with Crippen LogP contribution in [0.2, 0.25) is 0 Å². The molecule has 1 amide bonds. The first kappa shape index (κ1) is 17.9. The van der Waals surface area contributed by atoms with Gasteiger partial charge in [-0.25, -0.2) is 4.68 Å². The van der Waals surface area contributed by atoms with Crippen molar-refractivity contribution < 1.29 is 22.4 Å². The van der Waals surface area contributed by atoms with E-state index in [-0.39, 0.29) is 29.9 Å². The molecule has 0 bridgehead atoms. The molecule has 4 heterocycles.